The molecule has 0 saturated carbocycles. The normalized spacial score (nSPS) is 6.90. The summed E-state index contributed by atoms with van der Waals surface area (Å²) >= 11 is 0. The summed E-state index contributed by atoms with van der Waals surface area (Å²) in [4.78, 5) is 33.2. The van der Waals surface area contributed by atoms with Crippen molar-refractivity contribution >= 4 is 18.2 Å². The molecule has 0 spiro atoms. The smallest absolute Gasteiger partial charge is 0.409 e. The van der Waals surface area contributed by atoms with Crippen LogP contribution in [0.4, 0.5) is 9.59 Å². The highest BCUT2D eigenvalue weighted by atomic mass is 16.6. The number of ether oxygens (including phenoxy) is 4. The summed E-state index contributed by atoms with van der Waals surface area (Å²) < 4.78 is 17.9. The second kappa shape index (κ2) is 90.8. The first kappa shape index (κ1) is 72.2. The number of carbonyl (C=O) groups is 3. The van der Waals surface area contributed by atoms with Gasteiger partial charge in [0, 0.05) is 49.0 Å². The van der Waals surface area contributed by atoms with Crippen LogP contribution in [0.3, 0.4) is 0 Å². The number of nitrogens with zero attached hydrogens (tertiary/aromatic N) is 2. The second-order valence-electron chi connectivity index (χ2n) is 6.90. The van der Waals surface area contributed by atoms with Crippen molar-refractivity contribution in [2.24, 2.45) is 0 Å². The van der Waals surface area contributed by atoms with Crippen LogP contribution in [-0.4, -0.2) is 102 Å². The van der Waals surface area contributed by atoms with Gasteiger partial charge in [-0.25, -0.2) is 14.4 Å². The van der Waals surface area contributed by atoms with Crippen molar-refractivity contribution in [2.45, 2.75) is 104 Å². The van der Waals surface area contributed by atoms with Crippen LogP contribution < -0.4 is 0 Å². The molecule has 0 aliphatic carbocycles. The Hall–Kier alpha value is -3.63. The van der Waals surface area contributed by atoms with E-state index in [1.54, 1.807) is 49.1 Å². The number of rotatable bonds is 5. The molecule has 1 N–H and O–H groups in total. The summed E-state index contributed by atoms with van der Waals surface area (Å²) in [5.74, 6) is -0.933. The van der Waals surface area contributed by atoms with Gasteiger partial charge in [-0.05, 0) is 20.8 Å². The number of carboxylic acids is 1. The largest absolute Gasteiger partial charge is 0.480 e. The minimum absolute atomic E-state index is 0.208. The predicted octanol–water partition coefficient (Wildman–Crippen LogP) is 11.3. The summed E-state index contributed by atoms with van der Waals surface area (Å²) in [6, 6.07) is 24.0. The molecule has 0 bridgehead atoms. The molecule has 0 aliphatic rings. The average molecular weight is 721 g/mol. The first-order valence-electron chi connectivity index (χ1n) is 17.9. The van der Waals surface area contributed by atoms with Gasteiger partial charge in [-0.1, -0.05) is 156 Å². The summed E-state index contributed by atoms with van der Waals surface area (Å²) in [6.45, 7) is 31.0. The van der Waals surface area contributed by atoms with Crippen LogP contribution in [0.5, 0.6) is 0 Å². The SMILES string of the molecule is CC.CC.CC.CC.CC.CC.CCOC.CCOC(=O)N(C)C.CCOC(=O)N(C)C.COCC(=O)O.c1ccccc1.c1ccccc1. The van der Waals surface area contributed by atoms with E-state index in [0.29, 0.717) is 13.2 Å². The van der Waals surface area contributed by atoms with Gasteiger partial charge >= 0.3 is 18.2 Å². The predicted molar refractivity (Wildman–Crippen MR) is 219 cm³/mol. The minimum Gasteiger partial charge on any atom is -0.480 e. The lowest BCUT2D eigenvalue weighted by molar-refractivity contribution is -0.141. The van der Waals surface area contributed by atoms with Crippen molar-refractivity contribution in [3.63, 3.8) is 0 Å². The van der Waals surface area contributed by atoms with E-state index in [4.69, 9.17) is 5.11 Å². The molecule has 50 heavy (non-hydrogen) atoms. The Morgan fingerprint density at radius 3 is 0.660 bits per heavy atom. The number of carboxylic acid groups (broad SMARTS) is 1. The van der Waals surface area contributed by atoms with Crippen molar-refractivity contribution in [3.8, 4) is 0 Å². The molecule has 0 aromatic heterocycles. The topological polar surface area (TPSA) is 115 Å². The zero-order valence-electron chi connectivity index (χ0n) is 36.5. The van der Waals surface area contributed by atoms with Gasteiger partial charge in [-0.3, -0.25) is 0 Å². The lowest BCUT2D eigenvalue weighted by Gasteiger charge is -2.07. The van der Waals surface area contributed by atoms with E-state index in [-0.39, 0.29) is 18.8 Å². The van der Waals surface area contributed by atoms with E-state index in [1.165, 1.54) is 16.9 Å². The van der Waals surface area contributed by atoms with Crippen molar-refractivity contribution < 1.29 is 38.4 Å². The molecule has 10 heteroatoms. The first-order chi connectivity index (χ1) is 24.0. The number of methoxy groups -OCH3 is 2. The molecular weight excluding hydrogens is 636 g/mol. The average Bonchev–Trinajstić information content (AvgIpc) is 3.19. The molecule has 0 atom stereocenters. The Bertz CT molecular complexity index is 626. The highest BCUT2D eigenvalue weighted by molar-refractivity contribution is 5.68. The summed E-state index contributed by atoms with van der Waals surface area (Å²) in [6.07, 6.45) is -0.569. The third kappa shape index (κ3) is 120. The number of benzene rings is 2. The molecule has 0 saturated heterocycles. The number of aliphatic carboxylic acids is 1. The molecule has 0 radical (unpaired) electrons. The molecule has 2 rings (SSSR count). The van der Waals surface area contributed by atoms with Gasteiger partial charge in [0.2, 0.25) is 0 Å². The Kier molecular flexibility index (Phi) is 131. The molecule has 10 nitrogen and oxygen atoms in total. The van der Waals surface area contributed by atoms with Crippen molar-refractivity contribution in [2.75, 3.05) is 68.8 Å². The number of hydrogen-bond donors (Lipinski definition) is 1. The lowest BCUT2D eigenvalue weighted by atomic mass is 10.4. The third-order valence-electron chi connectivity index (χ3n) is 3.16. The van der Waals surface area contributed by atoms with E-state index in [0.717, 1.165) is 6.61 Å². The zero-order chi connectivity index (χ0) is 42.0. The number of hydrogen-bond acceptors (Lipinski definition) is 7. The fraction of sp³-hybridized carbons (Fsp3) is 0.625. The standard InChI is InChI=1S/2C6H6.2C5H11NO2.C3H6O3.C3H8O.6C2H6/c2*1-2-4-6-5-3-1;2*1-4-8-5(7)6(2)3;1-6-2-3(4)5;1-3-4-2;6*1-2/h2*1-6H;2*4H2,1-3H3;2H2,1H3,(H,4,5);3H2,1-2H3;6*1-2H3. The Morgan fingerprint density at radius 2 is 0.620 bits per heavy atom. The molecule has 302 valence electrons. The molecule has 0 fully saturated rings. The van der Waals surface area contributed by atoms with E-state index in [9.17, 15) is 14.4 Å². The quantitative estimate of drug-likeness (QED) is 0.324. The van der Waals surface area contributed by atoms with Crippen LogP contribution >= 0.6 is 0 Å². The maximum atomic E-state index is 10.4. The molecule has 0 aliphatic heterocycles. The lowest BCUT2D eigenvalue weighted by Crippen LogP contribution is -2.22. The summed E-state index contributed by atoms with van der Waals surface area (Å²) in [5, 5.41) is 7.79. The van der Waals surface area contributed by atoms with Gasteiger partial charge in [-0.2, -0.15) is 0 Å². The van der Waals surface area contributed by atoms with Gasteiger partial charge in [0.15, 0.2) is 0 Å². The van der Waals surface area contributed by atoms with Crippen molar-refractivity contribution in [3.05, 3.63) is 72.8 Å². The Labute approximate surface area is 311 Å². The maximum Gasteiger partial charge on any atom is 0.409 e. The fourth-order valence-corrected chi connectivity index (χ4v) is 1.40. The Balaban J connectivity index is -0.0000000455. The molecule has 2 aromatic rings. The van der Waals surface area contributed by atoms with E-state index >= 15 is 0 Å². The van der Waals surface area contributed by atoms with Gasteiger partial charge in [-0.15, -0.1) is 0 Å². The van der Waals surface area contributed by atoms with Crippen LogP contribution in [0.2, 0.25) is 0 Å². The second-order valence-corrected chi connectivity index (χ2v) is 6.90. The van der Waals surface area contributed by atoms with Crippen LogP contribution in [-0.2, 0) is 23.7 Å². The van der Waals surface area contributed by atoms with Gasteiger partial charge in [0.25, 0.3) is 0 Å². The van der Waals surface area contributed by atoms with Crippen LogP contribution in [0.1, 0.15) is 104 Å². The zero-order valence-corrected chi connectivity index (χ0v) is 36.5. The molecular formula is C40H84N2O8. The molecule has 0 unspecified atom stereocenters. The fourth-order valence-electron chi connectivity index (χ4n) is 1.40. The van der Waals surface area contributed by atoms with E-state index in [1.807, 2.05) is 163 Å². The van der Waals surface area contributed by atoms with Crippen LogP contribution in [0.25, 0.3) is 0 Å². The van der Waals surface area contributed by atoms with Gasteiger partial charge < -0.3 is 33.9 Å². The summed E-state index contributed by atoms with van der Waals surface area (Å²) in [7, 11) is 9.63. The highest BCUT2D eigenvalue weighted by Crippen LogP contribution is 1.83. The molecule has 2 aromatic carbocycles. The monoisotopic (exact) mass is 721 g/mol. The van der Waals surface area contributed by atoms with Crippen LogP contribution in [0.15, 0.2) is 72.8 Å². The number of carbonyl (C=O) groups excluding carboxylic acids is 2. The number of amides is 2. The van der Waals surface area contributed by atoms with Gasteiger partial charge in [0.1, 0.15) is 6.61 Å². The van der Waals surface area contributed by atoms with E-state index in [2.05, 4.69) is 18.9 Å². The minimum atomic E-state index is -0.933. The van der Waals surface area contributed by atoms with Crippen molar-refractivity contribution in [1.29, 1.82) is 0 Å². The molecule has 0 heterocycles. The highest BCUT2D eigenvalue weighted by Gasteiger charge is 2.00. The third-order valence-corrected chi connectivity index (χ3v) is 3.16. The maximum absolute atomic E-state index is 10.4. The van der Waals surface area contributed by atoms with Crippen molar-refractivity contribution in [1.82, 2.24) is 9.80 Å². The van der Waals surface area contributed by atoms with E-state index < -0.39 is 5.97 Å². The molecule has 2 amide bonds. The van der Waals surface area contributed by atoms with Crippen LogP contribution in [0, 0.1) is 0 Å². The van der Waals surface area contributed by atoms with Gasteiger partial charge in [0.05, 0.1) is 13.2 Å². The first-order valence-corrected chi connectivity index (χ1v) is 17.9. The summed E-state index contributed by atoms with van der Waals surface area (Å²) in [5.41, 5.74) is 0. The Morgan fingerprint density at radius 1 is 0.440 bits per heavy atom.